The van der Waals surface area contributed by atoms with Crippen molar-refractivity contribution in [1.29, 1.82) is 0 Å². The van der Waals surface area contributed by atoms with Gasteiger partial charge in [-0.2, -0.15) is 0 Å². The summed E-state index contributed by atoms with van der Waals surface area (Å²) < 4.78 is 0. The Kier molecular flexibility index (Phi) is 4.93. The second kappa shape index (κ2) is 6.68. The van der Waals surface area contributed by atoms with Gasteiger partial charge in [-0.1, -0.05) is 30.3 Å². The molecular weight excluding hydrogens is 238 g/mol. The lowest BCUT2D eigenvalue weighted by molar-refractivity contribution is -0.135. The first-order chi connectivity index (χ1) is 9.20. The first kappa shape index (κ1) is 14.0. The molecule has 1 aromatic carbocycles. The Morgan fingerprint density at radius 2 is 2.16 bits per heavy atom. The summed E-state index contributed by atoms with van der Waals surface area (Å²) in [5.41, 5.74) is 6.81. The van der Waals surface area contributed by atoms with Crippen molar-refractivity contribution in [3.63, 3.8) is 0 Å². The number of rotatable bonds is 5. The van der Waals surface area contributed by atoms with Gasteiger partial charge in [0.1, 0.15) is 0 Å². The summed E-state index contributed by atoms with van der Waals surface area (Å²) in [5, 5.41) is 0. The lowest BCUT2D eigenvalue weighted by Gasteiger charge is -2.25. The maximum Gasteiger partial charge on any atom is 0.227 e. The number of likely N-dealkylation sites (tertiary alicyclic amines) is 1. The van der Waals surface area contributed by atoms with Crippen LogP contribution in [0.1, 0.15) is 12.0 Å². The molecule has 1 amide bonds. The van der Waals surface area contributed by atoms with E-state index in [0.717, 1.165) is 25.1 Å². The zero-order valence-electron chi connectivity index (χ0n) is 11.6. The van der Waals surface area contributed by atoms with Crippen LogP contribution in [0.3, 0.4) is 0 Å². The van der Waals surface area contributed by atoms with Crippen molar-refractivity contribution in [2.45, 2.75) is 13.0 Å². The van der Waals surface area contributed by atoms with Gasteiger partial charge < -0.3 is 15.5 Å². The Bertz CT molecular complexity index is 407. The molecule has 1 heterocycles. The third kappa shape index (κ3) is 3.78. The first-order valence-corrected chi connectivity index (χ1v) is 6.92. The fourth-order valence-electron chi connectivity index (χ4n) is 2.62. The molecule has 19 heavy (non-hydrogen) atoms. The average molecular weight is 261 g/mol. The highest BCUT2D eigenvalue weighted by molar-refractivity contribution is 5.79. The molecule has 0 aliphatic carbocycles. The van der Waals surface area contributed by atoms with Crippen molar-refractivity contribution >= 4 is 5.91 Å². The first-order valence-electron chi connectivity index (χ1n) is 6.92. The third-order valence-corrected chi connectivity index (χ3v) is 3.67. The van der Waals surface area contributed by atoms with Crippen LogP contribution in [0.5, 0.6) is 0 Å². The minimum Gasteiger partial charge on any atom is -0.337 e. The minimum absolute atomic E-state index is 0.139. The summed E-state index contributed by atoms with van der Waals surface area (Å²) in [6, 6.07) is 10.1. The molecule has 1 aliphatic heterocycles. The molecule has 4 heteroatoms. The zero-order chi connectivity index (χ0) is 13.7. The lowest BCUT2D eigenvalue weighted by Crippen LogP contribution is -2.39. The van der Waals surface area contributed by atoms with E-state index in [1.165, 1.54) is 0 Å². The average Bonchev–Trinajstić information content (AvgIpc) is 2.85. The van der Waals surface area contributed by atoms with Gasteiger partial charge in [0.15, 0.2) is 0 Å². The topological polar surface area (TPSA) is 49.6 Å². The molecule has 0 spiro atoms. The largest absolute Gasteiger partial charge is 0.337 e. The molecule has 0 saturated carbocycles. The zero-order valence-corrected chi connectivity index (χ0v) is 11.6. The van der Waals surface area contributed by atoms with Crippen molar-refractivity contribution < 1.29 is 4.79 Å². The van der Waals surface area contributed by atoms with E-state index < -0.39 is 0 Å². The summed E-state index contributed by atoms with van der Waals surface area (Å²) >= 11 is 0. The summed E-state index contributed by atoms with van der Waals surface area (Å²) in [5.74, 6) is 0.388. The Hall–Kier alpha value is -1.39. The predicted molar refractivity (Wildman–Crippen MR) is 76.5 cm³/mol. The second-order valence-corrected chi connectivity index (χ2v) is 5.28. The second-order valence-electron chi connectivity index (χ2n) is 5.28. The molecule has 0 aromatic heterocycles. The number of amides is 1. The van der Waals surface area contributed by atoms with Crippen molar-refractivity contribution in [2.24, 2.45) is 11.7 Å². The number of hydrogen-bond donors (Lipinski definition) is 1. The fraction of sp³-hybridized carbons (Fsp3) is 0.533. The molecule has 1 atom stereocenters. The molecule has 2 rings (SSSR count). The summed E-state index contributed by atoms with van der Waals surface area (Å²) in [6.07, 6.45) is 0.963. The molecule has 1 aliphatic rings. The van der Waals surface area contributed by atoms with E-state index in [1.807, 2.05) is 23.1 Å². The van der Waals surface area contributed by atoms with Crippen LogP contribution in [0, 0.1) is 5.92 Å². The monoisotopic (exact) mass is 261 g/mol. The van der Waals surface area contributed by atoms with Crippen LogP contribution in [-0.2, 0) is 11.3 Å². The van der Waals surface area contributed by atoms with Gasteiger partial charge in [0.25, 0.3) is 0 Å². The van der Waals surface area contributed by atoms with Crippen LogP contribution in [0.4, 0.5) is 0 Å². The van der Waals surface area contributed by atoms with Crippen LogP contribution in [0.25, 0.3) is 0 Å². The molecule has 104 valence electrons. The van der Waals surface area contributed by atoms with Crippen molar-refractivity contribution in [1.82, 2.24) is 9.80 Å². The Morgan fingerprint density at radius 1 is 1.42 bits per heavy atom. The highest BCUT2D eigenvalue weighted by Crippen LogP contribution is 2.18. The number of carbonyl (C=O) groups is 1. The summed E-state index contributed by atoms with van der Waals surface area (Å²) in [6.45, 7) is 3.69. The van der Waals surface area contributed by atoms with E-state index in [2.05, 4.69) is 24.1 Å². The van der Waals surface area contributed by atoms with Gasteiger partial charge in [0.2, 0.25) is 5.91 Å². The summed E-state index contributed by atoms with van der Waals surface area (Å²) in [4.78, 5) is 16.6. The normalized spacial score (nSPS) is 19.6. The van der Waals surface area contributed by atoms with Crippen molar-refractivity contribution in [3.05, 3.63) is 35.9 Å². The van der Waals surface area contributed by atoms with Gasteiger partial charge in [-0.25, -0.2) is 0 Å². The molecule has 1 saturated heterocycles. The maximum absolute atomic E-state index is 12.5. The third-order valence-electron chi connectivity index (χ3n) is 3.67. The molecular formula is C15H23N3O. The number of benzene rings is 1. The maximum atomic E-state index is 12.5. The molecule has 0 radical (unpaired) electrons. The minimum atomic E-state index is 0.139. The molecule has 0 bridgehead atoms. The van der Waals surface area contributed by atoms with E-state index >= 15 is 0 Å². The van der Waals surface area contributed by atoms with E-state index in [0.29, 0.717) is 19.6 Å². The van der Waals surface area contributed by atoms with E-state index in [1.54, 1.807) is 0 Å². The van der Waals surface area contributed by atoms with Crippen LogP contribution < -0.4 is 5.73 Å². The van der Waals surface area contributed by atoms with E-state index in [-0.39, 0.29) is 11.8 Å². The smallest absolute Gasteiger partial charge is 0.227 e. The number of nitrogens with two attached hydrogens (primary N) is 1. The molecule has 1 unspecified atom stereocenters. The van der Waals surface area contributed by atoms with Gasteiger partial charge >= 0.3 is 0 Å². The number of nitrogens with zero attached hydrogens (tertiary/aromatic N) is 2. The lowest BCUT2D eigenvalue weighted by atomic mass is 10.1. The quantitative estimate of drug-likeness (QED) is 0.857. The van der Waals surface area contributed by atoms with Gasteiger partial charge in [-0.05, 0) is 25.6 Å². The van der Waals surface area contributed by atoms with Crippen LogP contribution >= 0.6 is 0 Å². The van der Waals surface area contributed by atoms with Crippen molar-refractivity contribution in [3.8, 4) is 0 Å². The van der Waals surface area contributed by atoms with Crippen LogP contribution in [0.2, 0.25) is 0 Å². The van der Waals surface area contributed by atoms with Crippen LogP contribution in [0.15, 0.2) is 30.3 Å². The summed E-state index contributed by atoms with van der Waals surface area (Å²) in [7, 11) is 2.07. The van der Waals surface area contributed by atoms with Gasteiger partial charge in [-0.15, -0.1) is 0 Å². The van der Waals surface area contributed by atoms with Gasteiger partial charge in [0.05, 0.1) is 5.92 Å². The number of carbonyl (C=O) groups excluding carboxylic acids is 1. The van der Waals surface area contributed by atoms with Crippen molar-refractivity contribution in [2.75, 3.05) is 33.2 Å². The number of hydrogen-bond acceptors (Lipinski definition) is 3. The standard InChI is InChI=1S/C15H23N3O/c1-17-9-7-14(12-17)15(19)18(10-8-16)11-13-5-3-2-4-6-13/h2-6,14H,7-12,16H2,1H3. The Labute approximate surface area is 115 Å². The Morgan fingerprint density at radius 3 is 2.74 bits per heavy atom. The van der Waals surface area contributed by atoms with Gasteiger partial charge in [0, 0.05) is 26.2 Å². The highest BCUT2D eigenvalue weighted by Gasteiger charge is 2.29. The molecule has 2 N–H and O–H groups in total. The molecule has 1 fully saturated rings. The van der Waals surface area contributed by atoms with E-state index in [9.17, 15) is 4.79 Å². The van der Waals surface area contributed by atoms with E-state index in [4.69, 9.17) is 5.73 Å². The Balaban J connectivity index is 2.01. The van der Waals surface area contributed by atoms with Gasteiger partial charge in [-0.3, -0.25) is 4.79 Å². The molecule has 1 aromatic rings. The fourth-order valence-corrected chi connectivity index (χ4v) is 2.62. The predicted octanol–water partition coefficient (Wildman–Crippen LogP) is 0.926. The molecule has 4 nitrogen and oxygen atoms in total. The SMILES string of the molecule is CN1CCC(C(=O)N(CCN)Cc2ccccc2)C1. The van der Waals surface area contributed by atoms with Crippen LogP contribution in [-0.4, -0.2) is 48.9 Å². The highest BCUT2D eigenvalue weighted by atomic mass is 16.2.